The second-order valence-electron chi connectivity index (χ2n) is 5.14. The SMILES string of the molecule is COc1nc(CCC[C@H](Cl)P(C)(C)=O)nc2c(F)[nH]nc12. The largest absolute Gasteiger partial charge is 0.479 e. The summed E-state index contributed by atoms with van der Waals surface area (Å²) in [5.41, 5.74) is 0.372. The van der Waals surface area contributed by atoms with Crippen LogP contribution in [0.5, 0.6) is 5.88 Å². The Labute approximate surface area is 126 Å². The zero-order valence-electron chi connectivity index (χ0n) is 12.1. The number of aromatic amines is 1. The van der Waals surface area contributed by atoms with Crippen LogP contribution in [0.3, 0.4) is 0 Å². The molecule has 0 aliphatic heterocycles. The van der Waals surface area contributed by atoms with E-state index in [0.29, 0.717) is 25.1 Å². The Kier molecular flexibility index (Phi) is 4.84. The molecule has 2 aromatic rings. The predicted molar refractivity (Wildman–Crippen MR) is 80.2 cm³/mol. The number of rotatable bonds is 6. The molecule has 0 saturated carbocycles. The van der Waals surface area contributed by atoms with Crippen LogP contribution in [-0.2, 0) is 11.0 Å². The van der Waals surface area contributed by atoms with E-state index >= 15 is 0 Å². The maximum atomic E-state index is 13.5. The quantitative estimate of drug-likeness (QED) is 0.648. The molecule has 2 rings (SSSR count). The summed E-state index contributed by atoms with van der Waals surface area (Å²) in [6.07, 6.45) is 1.75. The Bertz CT molecular complexity index is 687. The van der Waals surface area contributed by atoms with Gasteiger partial charge in [0.15, 0.2) is 11.0 Å². The molecule has 0 unspecified atom stereocenters. The minimum atomic E-state index is -2.31. The molecule has 6 nitrogen and oxygen atoms in total. The van der Waals surface area contributed by atoms with Gasteiger partial charge in [0, 0.05) is 6.42 Å². The maximum absolute atomic E-state index is 13.5. The third-order valence-corrected chi connectivity index (χ3v) is 6.32. The normalized spacial score (nSPS) is 13.6. The van der Waals surface area contributed by atoms with E-state index in [1.54, 1.807) is 13.3 Å². The topological polar surface area (TPSA) is 80.8 Å². The summed E-state index contributed by atoms with van der Waals surface area (Å²) < 4.78 is 30.4. The lowest BCUT2D eigenvalue weighted by atomic mass is 10.2. The van der Waals surface area contributed by atoms with Gasteiger partial charge >= 0.3 is 0 Å². The second kappa shape index (κ2) is 6.28. The van der Waals surface area contributed by atoms with Gasteiger partial charge in [0.2, 0.25) is 11.8 Å². The molecular weight excluding hydrogens is 318 g/mol. The molecule has 9 heteroatoms. The molecule has 0 aliphatic carbocycles. The third-order valence-electron chi connectivity index (χ3n) is 3.08. The first-order valence-corrected chi connectivity index (χ1v) is 9.57. The van der Waals surface area contributed by atoms with Crippen LogP contribution in [-0.4, -0.2) is 45.7 Å². The molecule has 0 bridgehead atoms. The third kappa shape index (κ3) is 3.71. The van der Waals surface area contributed by atoms with E-state index < -0.39 is 13.1 Å². The number of nitrogens with zero attached hydrogens (tertiary/aromatic N) is 3. The molecule has 0 spiro atoms. The van der Waals surface area contributed by atoms with Gasteiger partial charge in [-0.15, -0.1) is 11.6 Å². The van der Waals surface area contributed by atoms with Crippen molar-refractivity contribution >= 4 is 29.8 Å². The number of nitrogens with one attached hydrogen (secondary N) is 1. The zero-order valence-corrected chi connectivity index (χ0v) is 13.7. The van der Waals surface area contributed by atoms with Crippen molar-refractivity contribution < 1.29 is 13.7 Å². The average Bonchev–Trinajstić information content (AvgIpc) is 2.78. The van der Waals surface area contributed by atoms with Crippen LogP contribution < -0.4 is 4.74 Å². The van der Waals surface area contributed by atoms with Gasteiger partial charge in [-0.2, -0.15) is 14.5 Å². The molecule has 2 heterocycles. The van der Waals surface area contributed by atoms with E-state index in [0.717, 1.165) is 0 Å². The van der Waals surface area contributed by atoms with Gasteiger partial charge in [-0.25, -0.2) is 4.98 Å². The lowest BCUT2D eigenvalue weighted by Crippen LogP contribution is -2.03. The van der Waals surface area contributed by atoms with Gasteiger partial charge in [-0.05, 0) is 26.2 Å². The van der Waals surface area contributed by atoms with Crippen molar-refractivity contribution in [2.24, 2.45) is 0 Å². The van der Waals surface area contributed by atoms with E-state index in [1.807, 2.05) is 0 Å². The summed E-state index contributed by atoms with van der Waals surface area (Å²) in [4.78, 5) is 8.33. The van der Waals surface area contributed by atoms with Crippen LogP contribution in [0.4, 0.5) is 4.39 Å². The Balaban J connectivity index is 2.12. The Hall–Kier alpha value is -1.20. The molecule has 0 aromatic carbocycles. The van der Waals surface area contributed by atoms with Crippen LogP contribution in [0.25, 0.3) is 11.0 Å². The van der Waals surface area contributed by atoms with Crippen molar-refractivity contribution in [3.05, 3.63) is 11.8 Å². The molecule has 1 N–H and O–H groups in total. The highest BCUT2D eigenvalue weighted by molar-refractivity contribution is 7.64. The second-order valence-corrected chi connectivity index (χ2v) is 9.47. The number of aromatic nitrogens is 4. The van der Waals surface area contributed by atoms with E-state index in [9.17, 15) is 8.96 Å². The van der Waals surface area contributed by atoms with Gasteiger partial charge in [0.05, 0.1) is 19.4 Å². The summed E-state index contributed by atoms with van der Waals surface area (Å²) >= 11 is 6.08. The van der Waals surface area contributed by atoms with Crippen LogP contribution >= 0.6 is 18.7 Å². The standard InChI is InChI=1S/C12H17ClFN4O2P/c1-20-12-10-9(11(14)18-17-10)15-8(16-12)6-4-5-7(13)21(2,3)19/h7H,4-6H2,1-3H3,(H,17,18)/t7-/m1/s1. The fraction of sp³-hybridized carbons (Fsp3) is 0.583. The van der Waals surface area contributed by atoms with E-state index in [1.165, 1.54) is 7.11 Å². The van der Waals surface area contributed by atoms with Crippen molar-refractivity contribution in [2.45, 2.75) is 24.4 Å². The summed E-state index contributed by atoms with van der Waals surface area (Å²) in [6, 6.07) is 0. The smallest absolute Gasteiger partial charge is 0.245 e. The maximum Gasteiger partial charge on any atom is 0.245 e. The minimum absolute atomic E-state index is 0.107. The molecule has 21 heavy (non-hydrogen) atoms. The van der Waals surface area contributed by atoms with Crippen LogP contribution in [0.1, 0.15) is 18.7 Å². The van der Waals surface area contributed by atoms with Crippen LogP contribution in [0, 0.1) is 5.95 Å². The first-order chi connectivity index (χ1) is 9.82. The fourth-order valence-electron chi connectivity index (χ4n) is 1.88. The van der Waals surface area contributed by atoms with Crippen molar-refractivity contribution in [3.8, 4) is 5.88 Å². The summed E-state index contributed by atoms with van der Waals surface area (Å²) in [6.45, 7) is 3.33. The van der Waals surface area contributed by atoms with Crippen molar-refractivity contribution in [3.63, 3.8) is 0 Å². The number of aryl methyl sites for hydroxylation is 1. The minimum Gasteiger partial charge on any atom is -0.479 e. The first kappa shape index (κ1) is 16.2. The van der Waals surface area contributed by atoms with Crippen LogP contribution in [0.15, 0.2) is 0 Å². The molecule has 0 fully saturated rings. The summed E-state index contributed by atoms with van der Waals surface area (Å²) in [5, 5.41) is 5.61. The summed E-state index contributed by atoms with van der Waals surface area (Å²) in [7, 11) is -0.864. The fourth-order valence-corrected chi connectivity index (χ4v) is 2.84. The molecule has 2 aromatic heterocycles. The van der Waals surface area contributed by atoms with Gasteiger partial charge in [0.25, 0.3) is 0 Å². The first-order valence-electron chi connectivity index (χ1n) is 6.46. The van der Waals surface area contributed by atoms with E-state index in [-0.39, 0.29) is 22.0 Å². The molecule has 0 radical (unpaired) electrons. The van der Waals surface area contributed by atoms with Gasteiger partial charge in [-0.1, -0.05) is 0 Å². The van der Waals surface area contributed by atoms with Gasteiger partial charge in [-0.3, -0.25) is 5.10 Å². The Morgan fingerprint density at radius 3 is 2.71 bits per heavy atom. The van der Waals surface area contributed by atoms with Gasteiger partial charge < -0.3 is 9.30 Å². The number of hydrogen-bond acceptors (Lipinski definition) is 5. The van der Waals surface area contributed by atoms with Crippen molar-refractivity contribution in [2.75, 3.05) is 20.4 Å². The number of hydrogen-bond donors (Lipinski definition) is 1. The molecular formula is C12H17ClFN4O2P. The molecule has 0 aliphatic rings. The highest BCUT2D eigenvalue weighted by Gasteiger charge is 2.20. The number of alkyl halides is 1. The highest BCUT2D eigenvalue weighted by atomic mass is 35.5. The number of halogens is 2. The summed E-state index contributed by atoms with van der Waals surface area (Å²) in [5.74, 6) is 0.0635. The van der Waals surface area contributed by atoms with Gasteiger partial charge in [0.1, 0.15) is 5.82 Å². The average molecular weight is 335 g/mol. The monoisotopic (exact) mass is 334 g/mol. The molecule has 116 valence electrons. The molecule has 0 amide bonds. The Morgan fingerprint density at radius 2 is 2.10 bits per heavy atom. The predicted octanol–water partition coefficient (Wildman–Crippen LogP) is 3.01. The van der Waals surface area contributed by atoms with E-state index in [2.05, 4.69) is 20.2 Å². The molecule has 0 saturated heterocycles. The number of methoxy groups -OCH3 is 1. The van der Waals surface area contributed by atoms with E-state index in [4.69, 9.17) is 16.3 Å². The zero-order chi connectivity index (χ0) is 15.6. The lowest BCUT2D eigenvalue weighted by Gasteiger charge is -2.13. The Morgan fingerprint density at radius 1 is 1.38 bits per heavy atom. The highest BCUT2D eigenvalue weighted by Crippen LogP contribution is 2.46. The van der Waals surface area contributed by atoms with Crippen LogP contribution in [0.2, 0.25) is 0 Å². The molecule has 1 atom stereocenters. The number of H-pyrrole nitrogens is 1. The number of ether oxygens (including phenoxy) is 1. The number of fused-ring (bicyclic) bond motifs is 1. The van der Waals surface area contributed by atoms with Crippen molar-refractivity contribution in [1.82, 2.24) is 20.2 Å². The lowest BCUT2D eigenvalue weighted by molar-refractivity contribution is 0.399. The van der Waals surface area contributed by atoms with Crippen molar-refractivity contribution in [1.29, 1.82) is 0 Å².